The van der Waals surface area contributed by atoms with Crippen molar-refractivity contribution in [1.82, 2.24) is 9.97 Å². The highest BCUT2D eigenvalue weighted by atomic mass is 32.2. The van der Waals surface area contributed by atoms with E-state index in [1.165, 1.54) is 36.4 Å². The number of benzene rings is 3. The Kier molecular flexibility index (Phi) is 6.45. The highest BCUT2D eigenvalue weighted by Gasteiger charge is 2.21. The van der Waals surface area contributed by atoms with Gasteiger partial charge in [-0.1, -0.05) is 24.3 Å². The van der Waals surface area contributed by atoms with E-state index in [1.807, 2.05) is 0 Å². The van der Waals surface area contributed by atoms with E-state index in [0.717, 1.165) is 12.8 Å². The molecule has 1 aliphatic carbocycles. The molecule has 5 N–H and O–H groups in total. The lowest BCUT2D eigenvalue weighted by atomic mass is 10.1. The second-order valence-corrected chi connectivity index (χ2v) is 10.4. The fourth-order valence-corrected chi connectivity index (χ4v) is 5.40. The number of anilines is 3. The third-order valence-electron chi connectivity index (χ3n) is 6.20. The normalized spacial score (nSPS) is 13.1. The van der Waals surface area contributed by atoms with Crippen LogP contribution in [0.1, 0.15) is 11.1 Å². The predicted molar refractivity (Wildman–Crippen MR) is 142 cm³/mol. The average Bonchev–Trinajstić information content (AvgIpc) is 3.31. The quantitative estimate of drug-likeness (QED) is 0.194. The molecule has 0 atom stereocenters. The van der Waals surface area contributed by atoms with Crippen LogP contribution in [0.3, 0.4) is 0 Å². The fourth-order valence-electron chi connectivity index (χ4n) is 4.34. The Balaban J connectivity index is 1.35. The highest BCUT2D eigenvalue weighted by Crippen LogP contribution is 2.31. The molecule has 0 radical (unpaired) electrons. The van der Waals surface area contributed by atoms with Gasteiger partial charge in [-0.05, 0) is 59.9 Å². The summed E-state index contributed by atoms with van der Waals surface area (Å²) in [7, 11) is -2.47. The summed E-state index contributed by atoms with van der Waals surface area (Å²) in [6.07, 6.45) is 5.22. The molecule has 1 aromatic heterocycles. The predicted octanol–water partition coefficient (Wildman–Crippen LogP) is 4.78. The Morgan fingerprint density at radius 2 is 1.70 bits per heavy atom. The van der Waals surface area contributed by atoms with E-state index in [1.54, 1.807) is 30.6 Å². The van der Waals surface area contributed by atoms with Gasteiger partial charge in [-0.15, -0.1) is 0 Å². The Morgan fingerprint density at radius 1 is 1.00 bits per heavy atom. The monoisotopic (exact) mass is 515 g/mol. The number of hydrogen-bond acceptors (Lipinski definition) is 9. The van der Waals surface area contributed by atoms with Crippen molar-refractivity contribution in [3.8, 4) is 16.9 Å². The summed E-state index contributed by atoms with van der Waals surface area (Å²) in [4.78, 5) is 8.88. The zero-order chi connectivity index (χ0) is 26.0. The number of nitrogens with two attached hydrogens (primary N) is 1. The lowest BCUT2D eigenvalue weighted by Crippen LogP contribution is -2.20. The molecular weight excluding hydrogens is 490 g/mol. The summed E-state index contributed by atoms with van der Waals surface area (Å²) >= 11 is 0. The minimum Gasteiger partial charge on any atom is -0.497 e. The molecule has 3 aromatic carbocycles. The van der Waals surface area contributed by atoms with E-state index in [0.29, 0.717) is 28.5 Å². The Bertz CT molecular complexity index is 1550. The van der Waals surface area contributed by atoms with Crippen LogP contribution in [0.15, 0.2) is 83.1 Å². The van der Waals surface area contributed by atoms with Crippen LogP contribution < -0.4 is 20.5 Å². The van der Waals surface area contributed by atoms with Gasteiger partial charge >= 0.3 is 0 Å². The number of methoxy groups -OCH3 is 1. The second-order valence-electron chi connectivity index (χ2n) is 8.70. The maximum absolute atomic E-state index is 13.0. The zero-order valence-corrected chi connectivity index (χ0v) is 20.8. The number of ether oxygens (including phenoxy) is 1. The van der Waals surface area contributed by atoms with E-state index in [9.17, 15) is 8.42 Å². The molecule has 10 nitrogen and oxygen atoms in total. The minimum absolute atomic E-state index is 0.0649. The molecular formula is C26H25N7O3S. The largest absolute Gasteiger partial charge is 0.497 e. The van der Waals surface area contributed by atoms with Crippen molar-refractivity contribution in [2.24, 2.45) is 5.11 Å². The van der Waals surface area contributed by atoms with Crippen LogP contribution in [0.4, 0.5) is 23.0 Å². The summed E-state index contributed by atoms with van der Waals surface area (Å²) in [6, 6.07) is 17.6. The smallest absolute Gasteiger partial charge is 0.261 e. The number of sulfonamides is 1. The van der Waals surface area contributed by atoms with Crippen molar-refractivity contribution in [2.45, 2.75) is 23.8 Å². The molecule has 0 unspecified atom stereocenters. The lowest BCUT2D eigenvalue weighted by molar-refractivity contribution is 0.415. The third-order valence-corrected chi connectivity index (χ3v) is 7.58. The molecule has 1 heterocycles. The maximum atomic E-state index is 13.0. The van der Waals surface area contributed by atoms with Crippen LogP contribution in [-0.4, -0.2) is 31.5 Å². The maximum Gasteiger partial charge on any atom is 0.261 e. The summed E-state index contributed by atoms with van der Waals surface area (Å²) in [5, 5.41) is 6.67. The van der Waals surface area contributed by atoms with Gasteiger partial charge in [0.15, 0.2) is 0 Å². The first-order chi connectivity index (χ1) is 17.8. The van der Waals surface area contributed by atoms with Crippen LogP contribution in [0.2, 0.25) is 0 Å². The second kappa shape index (κ2) is 9.86. The van der Waals surface area contributed by atoms with Crippen molar-refractivity contribution >= 4 is 33.0 Å². The van der Waals surface area contributed by atoms with Gasteiger partial charge in [0.25, 0.3) is 10.0 Å². The van der Waals surface area contributed by atoms with Gasteiger partial charge in [0, 0.05) is 30.1 Å². The van der Waals surface area contributed by atoms with Crippen molar-refractivity contribution in [1.29, 1.82) is 5.53 Å². The number of hydrogen-bond donors (Lipinski definition) is 4. The SMILES string of the molecule is COc1cc(NS(=O)(=O)c2ccc(N)c(N=N)c2)cc(-c2cnc(NC3Cc4ccccc4C3)nc2)c1. The van der Waals surface area contributed by atoms with Gasteiger partial charge in [-0.3, -0.25) is 4.72 Å². The van der Waals surface area contributed by atoms with Gasteiger partial charge < -0.3 is 15.8 Å². The minimum atomic E-state index is -3.98. The first kappa shape index (κ1) is 24.2. The molecule has 188 valence electrons. The molecule has 0 aliphatic heterocycles. The molecule has 37 heavy (non-hydrogen) atoms. The summed E-state index contributed by atoms with van der Waals surface area (Å²) in [5.41, 5.74) is 17.6. The number of fused-ring (bicyclic) bond motifs is 1. The first-order valence-corrected chi connectivity index (χ1v) is 13.0. The third kappa shape index (κ3) is 5.21. The van der Waals surface area contributed by atoms with E-state index in [4.69, 9.17) is 16.0 Å². The molecule has 0 bridgehead atoms. The van der Waals surface area contributed by atoms with Crippen molar-refractivity contribution in [2.75, 3.05) is 22.9 Å². The van der Waals surface area contributed by atoms with E-state index >= 15 is 0 Å². The summed E-state index contributed by atoms with van der Waals surface area (Å²) in [6.45, 7) is 0. The number of nitrogens with one attached hydrogen (secondary N) is 3. The molecule has 0 fully saturated rings. The molecule has 5 rings (SSSR count). The molecule has 4 aromatic rings. The van der Waals surface area contributed by atoms with Crippen molar-refractivity contribution < 1.29 is 13.2 Å². The van der Waals surface area contributed by atoms with Crippen LogP contribution >= 0.6 is 0 Å². The Morgan fingerprint density at radius 3 is 2.35 bits per heavy atom. The molecule has 0 saturated carbocycles. The van der Waals surface area contributed by atoms with Crippen LogP contribution in [0.5, 0.6) is 5.75 Å². The van der Waals surface area contributed by atoms with E-state index in [-0.39, 0.29) is 22.3 Å². The zero-order valence-electron chi connectivity index (χ0n) is 20.0. The van der Waals surface area contributed by atoms with Gasteiger partial charge in [0.05, 0.1) is 23.4 Å². The Hall–Kier alpha value is -4.51. The summed E-state index contributed by atoms with van der Waals surface area (Å²) < 4.78 is 33.9. The average molecular weight is 516 g/mol. The highest BCUT2D eigenvalue weighted by molar-refractivity contribution is 7.92. The molecule has 1 aliphatic rings. The van der Waals surface area contributed by atoms with Gasteiger partial charge in [0.2, 0.25) is 5.95 Å². The number of aromatic nitrogens is 2. The number of nitrogen functional groups attached to an aromatic ring is 1. The van der Waals surface area contributed by atoms with Gasteiger partial charge in [0.1, 0.15) is 11.4 Å². The van der Waals surface area contributed by atoms with Gasteiger partial charge in [-0.2, -0.15) is 5.11 Å². The number of rotatable bonds is 8. The van der Waals surface area contributed by atoms with Crippen molar-refractivity contribution in [3.63, 3.8) is 0 Å². The van der Waals surface area contributed by atoms with E-state index < -0.39 is 10.0 Å². The van der Waals surface area contributed by atoms with E-state index in [2.05, 4.69) is 49.4 Å². The first-order valence-electron chi connectivity index (χ1n) is 11.5. The molecule has 0 amide bonds. The van der Waals surface area contributed by atoms with Crippen molar-refractivity contribution in [3.05, 3.63) is 84.2 Å². The lowest BCUT2D eigenvalue weighted by Gasteiger charge is -2.14. The fraction of sp³-hybridized carbons (Fsp3) is 0.154. The van der Waals surface area contributed by atoms with Gasteiger partial charge in [-0.25, -0.2) is 23.9 Å². The topological polar surface area (TPSA) is 155 Å². The number of nitrogens with zero attached hydrogens (tertiary/aromatic N) is 3. The molecule has 11 heteroatoms. The Labute approximate surface area is 214 Å². The molecule has 0 spiro atoms. The summed E-state index contributed by atoms with van der Waals surface area (Å²) in [5.74, 6) is 0.990. The van der Waals surface area contributed by atoms with Crippen LogP contribution in [-0.2, 0) is 22.9 Å². The van der Waals surface area contributed by atoms with Crippen LogP contribution in [0.25, 0.3) is 11.1 Å². The standard InChI is InChI=1S/C26H25N7O3S/c1-36-22-11-18(10-21(12-22)33-37(34,35)23-6-7-24(27)25(13-23)32-28)19-14-29-26(30-15-19)31-20-8-16-4-2-3-5-17(16)9-20/h2-7,10-15,20,28,33H,8-9,27H2,1H3,(H,29,30,31). The molecule has 0 saturated heterocycles. The van der Waals surface area contributed by atoms with Crippen LogP contribution in [0, 0.1) is 5.53 Å².